The third kappa shape index (κ3) is 1.39. The van der Waals surface area contributed by atoms with Crippen molar-refractivity contribution >= 4 is 0 Å². The summed E-state index contributed by atoms with van der Waals surface area (Å²) in [6.45, 7) is 2.31. The molecule has 0 amide bonds. The molecule has 0 radical (unpaired) electrons. The summed E-state index contributed by atoms with van der Waals surface area (Å²) in [5, 5.41) is 10.0. The van der Waals surface area contributed by atoms with Crippen LogP contribution in [-0.2, 0) is 0 Å². The molecule has 3 unspecified atom stereocenters. The Morgan fingerprint density at radius 3 is 2.17 bits per heavy atom. The predicted molar refractivity (Wildman–Crippen MR) is 49.9 cm³/mol. The molecule has 0 heterocycles. The molecule has 0 aromatic rings. The van der Waals surface area contributed by atoms with E-state index < -0.39 is 0 Å². The monoisotopic (exact) mass is 168 g/mol. The molecule has 0 spiro atoms. The molecule has 1 N–H and O–H groups in total. The lowest BCUT2D eigenvalue weighted by molar-refractivity contribution is 0.00378. The van der Waals surface area contributed by atoms with Crippen LogP contribution in [0.4, 0.5) is 0 Å². The van der Waals surface area contributed by atoms with E-state index >= 15 is 0 Å². The van der Waals surface area contributed by atoms with Crippen molar-refractivity contribution in [2.75, 3.05) is 0 Å². The van der Waals surface area contributed by atoms with Gasteiger partial charge in [0.1, 0.15) is 0 Å². The van der Waals surface area contributed by atoms with Crippen molar-refractivity contribution in [2.24, 2.45) is 17.8 Å². The molecule has 2 aliphatic rings. The molecule has 1 nitrogen and oxygen atoms in total. The summed E-state index contributed by atoms with van der Waals surface area (Å²) in [6.07, 6.45) is 7.91. The van der Waals surface area contributed by atoms with Gasteiger partial charge in [0.2, 0.25) is 0 Å². The second-order valence-corrected chi connectivity index (χ2v) is 4.75. The molecule has 2 fully saturated rings. The first-order valence-electron chi connectivity index (χ1n) is 5.47. The SMILES string of the molecule is CC1CCCC1C(O)C1CCC1. The van der Waals surface area contributed by atoms with E-state index in [9.17, 15) is 5.11 Å². The second-order valence-electron chi connectivity index (χ2n) is 4.75. The first-order chi connectivity index (χ1) is 5.79. The highest BCUT2D eigenvalue weighted by atomic mass is 16.3. The fourth-order valence-corrected chi connectivity index (χ4v) is 2.81. The van der Waals surface area contributed by atoms with Gasteiger partial charge in [-0.05, 0) is 37.0 Å². The van der Waals surface area contributed by atoms with E-state index in [1.807, 2.05) is 0 Å². The summed E-state index contributed by atoms with van der Waals surface area (Å²) >= 11 is 0. The van der Waals surface area contributed by atoms with Gasteiger partial charge >= 0.3 is 0 Å². The van der Waals surface area contributed by atoms with Gasteiger partial charge in [0.15, 0.2) is 0 Å². The largest absolute Gasteiger partial charge is 0.393 e. The van der Waals surface area contributed by atoms with Gasteiger partial charge < -0.3 is 5.11 Å². The van der Waals surface area contributed by atoms with Crippen molar-refractivity contribution in [2.45, 2.75) is 51.6 Å². The minimum absolute atomic E-state index is 0.0382. The van der Waals surface area contributed by atoms with Crippen molar-refractivity contribution < 1.29 is 5.11 Å². The Bertz CT molecular complexity index is 151. The molecule has 0 aromatic carbocycles. The van der Waals surface area contributed by atoms with Gasteiger partial charge in [-0.3, -0.25) is 0 Å². The highest BCUT2D eigenvalue weighted by Crippen LogP contribution is 2.41. The van der Waals surface area contributed by atoms with Crippen LogP contribution in [0.15, 0.2) is 0 Å². The summed E-state index contributed by atoms with van der Waals surface area (Å²) in [5.74, 6) is 2.08. The zero-order chi connectivity index (χ0) is 8.55. The summed E-state index contributed by atoms with van der Waals surface area (Å²) < 4.78 is 0. The van der Waals surface area contributed by atoms with E-state index in [2.05, 4.69) is 6.92 Å². The summed E-state index contributed by atoms with van der Waals surface area (Å²) in [6, 6.07) is 0. The summed E-state index contributed by atoms with van der Waals surface area (Å²) in [7, 11) is 0. The maximum atomic E-state index is 10.0. The van der Waals surface area contributed by atoms with Crippen molar-refractivity contribution in [3.8, 4) is 0 Å². The molecule has 3 atom stereocenters. The number of hydrogen-bond donors (Lipinski definition) is 1. The van der Waals surface area contributed by atoms with Crippen molar-refractivity contribution in [1.82, 2.24) is 0 Å². The van der Waals surface area contributed by atoms with Gasteiger partial charge in [-0.15, -0.1) is 0 Å². The molecule has 0 aromatic heterocycles. The van der Waals surface area contributed by atoms with E-state index in [0.717, 1.165) is 5.92 Å². The van der Waals surface area contributed by atoms with Crippen LogP contribution in [0.2, 0.25) is 0 Å². The molecule has 2 saturated carbocycles. The second kappa shape index (κ2) is 3.37. The molecular weight excluding hydrogens is 148 g/mol. The average molecular weight is 168 g/mol. The number of aliphatic hydroxyl groups excluding tert-OH is 1. The zero-order valence-electron chi connectivity index (χ0n) is 8.00. The smallest absolute Gasteiger partial charge is 0.0599 e. The Labute approximate surface area is 75.2 Å². The molecule has 0 saturated heterocycles. The maximum Gasteiger partial charge on any atom is 0.0599 e. The lowest BCUT2D eigenvalue weighted by Crippen LogP contribution is -2.34. The fourth-order valence-electron chi connectivity index (χ4n) is 2.81. The van der Waals surface area contributed by atoms with Crippen LogP contribution in [0.25, 0.3) is 0 Å². The maximum absolute atomic E-state index is 10.0. The third-order valence-electron chi connectivity index (χ3n) is 4.00. The van der Waals surface area contributed by atoms with E-state index in [0.29, 0.717) is 11.8 Å². The van der Waals surface area contributed by atoms with Crippen LogP contribution in [0, 0.1) is 17.8 Å². The molecular formula is C11H20O. The Kier molecular flexibility index (Phi) is 2.40. The topological polar surface area (TPSA) is 20.2 Å². The van der Waals surface area contributed by atoms with Crippen LogP contribution in [0.5, 0.6) is 0 Å². The minimum atomic E-state index is 0.0382. The van der Waals surface area contributed by atoms with E-state index in [1.165, 1.54) is 38.5 Å². The third-order valence-corrected chi connectivity index (χ3v) is 4.00. The van der Waals surface area contributed by atoms with Crippen LogP contribution >= 0.6 is 0 Å². The molecule has 2 rings (SSSR count). The highest BCUT2D eigenvalue weighted by Gasteiger charge is 2.36. The lowest BCUT2D eigenvalue weighted by Gasteiger charge is -2.35. The van der Waals surface area contributed by atoms with Crippen LogP contribution in [0.1, 0.15) is 45.4 Å². The van der Waals surface area contributed by atoms with Crippen LogP contribution in [0.3, 0.4) is 0 Å². The zero-order valence-corrected chi connectivity index (χ0v) is 8.00. The van der Waals surface area contributed by atoms with Gasteiger partial charge in [0, 0.05) is 0 Å². The highest BCUT2D eigenvalue weighted by molar-refractivity contribution is 4.87. The molecule has 0 bridgehead atoms. The Hall–Kier alpha value is -0.0400. The van der Waals surface area contributed by atoms with Crippen molar-refractivity contribution in [3.63, 3.8) is 0 Å². The van der Waals surface area contributed by atoms with Gasteiger partial charge in [-0.2, -0.15) is 0 Å². The van der Waals surface area contributed by atoms with Gasteiger partial charge in [0.25, 0.3) is 0 Å². The molecule has 70 valence electrons. The predicted octanol–water partition coefficient (Wildman–Crippen LogP) is 2.58. The van der Waals surface area contributed by atoms with E-state index in [1.54, 1.807) is 0 Å². The van der Waals surface area contributed by atoms with Gasteiger partial charge in [-0.25, -0.2) is 0 Å². The Morgan fingerprint density at radius 2 is 1.75 bits per heavy atom. The standard InChI is InChI=1S/C11H20O/c1-8-4-2-7-10(8)11(12)9-5-3-6-9/h8-12H,2-7H2,1H3. The van der Waals surface area contributed by atoms with Crippen LogP contribution in [-0.4, -0.2) is 11.2 Å². The molecule has 1 heteroatoms. The normalized spacial score (nSPS) is 39.5. The first kappa shape index (κ1) is 8.55. The summed E-state index contributed by atoms with van der Waals surface area (Å²) in [4.78, 5) is 0. The first-order valence-corrected chi connectivity index (χ1v) is 5.47. The van der Waals surface area contributed by atoms with E-state index in [-0.39, 0.29) is 6.10 Å². The Morgan fingerprint density at radius 1 is 1.08 bits per heavy atom. The number of hydrogen-bond acceptors (Lipinski definition) is 1. The minimum Gasteiger partial charge on any atom is -0.393 e. The molecule has 2 aliphatic carbocycles. The lowest BCUT2D eigenvalue weighted by atomic mass is 9.74. The van der Waals surface area contributed by atoms with E-state index in [4.69, 9.17) is 0 Å². The van der Waals surface area contributed by atoms with Gasteiger partial charge in [-0.1, -0.05) is 26.2 Å². The Balaban J connectivity index is 1.89. The molecule has 12 heavy (non-hydrogen) atoms. The average Bonchev–Trinajstić information content (AvgIpc) is 2.31. The van der Waals surface area contributed by atoms with Crippen LogP contribution < -0.4 is 0 Å². The van der Waals surface area contributed by atoms with Crippen molar-refractivity contribution in [1.29, 1.82) is 0 Å². The number of rotatable bonds is 2. The van der Waals surface area contributed by atoms with Gasteiger partial charge in [0.05, 0.1) is 6.10 Å². The summed E-state index contributed by atoms with van der Waals surface area (Å²) in [5.41, 5.74) is 0. The van der Waals surface area contributed by atoms with Crippen molar-refractivity contribution in [3.05, 3.63) is 0 Å². The fraction of sp³-hybridized carbons (Fsp3) is 1.00. The number of aliphatic hydroxyl groups is 1. The molecule has 0 aliphatic heterocycles. The quantitative estimate of drug-likeness (QED) is 0.672.